The van der Waals surface area contributed by atoms with Gasteiger partial charge in [-0.05, 0) is 30.0 Å². The van der Waals surface area contributed by atoms with Crippen molar-refractivity contribution in [3.05, 3.63) is 65.5 Å². The van der Waals surface area contributed by atoms with Gasteiger partial charge in [0.1, 0.15) is 0 Å². The fourth-order valence-corrected chi connectivity index (χ4v) is 3.36. The van der Waals surface area contributed by atoms with Crippen LogP contribution >= 0.6 is 11.8 Å². The van der Waals surface area contributed by atoms with Gasteiger partial charge in [-0.3, -0.25) is 0 Å². The fraction of sp³-hybridized carbons (Fsp3) is 0.238. The van der Waals surface area contributed by atoms with E-state index in [-0.39, 0.29) is 0 Å². The summed E-state index contributed by atoms with van der Waals surface area (Å²) in [6, 6.07) is 16.1. The molecule has 0 aliphatic heterocycles. The standard InChI is InChI=1S/C21H20N4O2S/c1-13(2)15-8-10-16(11-9-15)19-22-18(27-25-19)12-28-21-24-23-20(26-21)17-7-5-4-6-14(17)3/h4-11,13H,12H2,1-3H3. The fourth-order valence-electron chi connectivity index (χ4n) is 2.76. The van der Waals surface area contributed by atoms with Crippen LogP contribution in [0.4, 0.5) is 0 Å². The molecule has 4 aromatic rings. The number of hydrogen-bond acceptors (Lipinski definition) is 7. The number of aryl methyl sites for hydroxylation is 1. The van der Waals surface area contributed by atoms with Gasteiger partial charge in [-0.25, -0.2) is 0 Å². The summed E-state index contributed by atoms with van der Waals surface area (Å²) in [5.41, 5.74) is 4.24. The normalized spacial score (nSPS) is 11.3. The highest BCUT2D eigenvalue weighted by Gasteiger charge is 2.14. The molecule has 0 fully saturated rings. The largest absolute Gasteiger partial charge is 0.411 e. The molecule has 0 aliphatic rings. The van der Waals surface area contributed by atoms with Gasteiger partial charge in [-0.1, -0.05) is 73.2 Å². The second kappa shape index (κ2) is 7.98. The Morgan fingerprint density at radius 3 is 2.54 bits per heavy atom. The van der Waals surface area contributed by atoms with E-state index in [0.29, 0.717) is 34.5 Å². The lowest BCUT2D eigenvalue weighted by molar-refractivity contribution is 0.391. The quantitative estimate of drug-likeness (QED) is 0.400. The minimum atomic E-state index is 0.465. The predicted molar refractivity (Wildman–Crippen MR) is 108 cm³/mol. The molecule has 0 aliphatic carbocycles. The summed E-state index contributed by atoms with van der Waals surface area (Å²) in [6.07, 6.45) is 0. The summed E-state index contributed by atoms with van der Waals surface area (Å²) in [5.74, 6) is 2.56. The molecule has 4 rings (SSSR count). The highest BCUT2D eigenvalue weighted by Crippen LogP contribution is 2.28. The second-order valence-corrected chi connectivity index (χ2v) is 7.69. The first-order valence-corrected chi connectivity index (χ1v) is 10.0. The Kier molecular flexibility index (Phi) is 5.25. The number of hydrogen-bond donors (Lipinski definition) is 0. The molecule has 0 atom stereocenters. The highest BCUT2D eigenvalue weighted by molar-refractivity contribution is 7.98. The van der Waals surface area contributed by atoms with Crippen LogP contribution in [-0.4, -0.2) is 20.3 Å². The molecule has 142 valence electrons. The predicted octanol–water partition coefficient (Wildman–Crippen LogP) is 5.51. The second-order valence-electron chi connectivity index (χ2n) is 6.77. The third-order valence-electron chi connectivity index (χ3n) is 4.40. The lowest BCUT2D eigenvalue weighted by Gasteiger charge is -2.04. The van der Waals surface area contributed by atoms with Gasteiger partial charge in [-0.15, -0.1) is 10.2 Å². The highest BCUT2D eigenvalue weighted by atomic mass is 32.2. The van der Waals surface area contributed by atoms with Gasteiger partial charge in [0, 0.05) is 11.1 Å². The van der Waals surface area contributed by atoms with Crippen LogP contribution in [0.5, 0.6) is 0 Å². The summed E-state index contributed by atoms with van der Waals surface area (Å²) in [7, 11) is 0. The van der Waals surface area contributed by atoms with Gasteiger partial charge in [0.25, 0.3) is 5.22 Å². The zero-order valence-electron chi connectivity index (χ0n) is 15.9. The average molecular weight is 392 g/mol. The van der Waals surface area contributed by atoms with Crippen molar-refractivity contribution in [1.29, 1.82) is 0 Å². The van der Waals surface area contributed by atoms with E-state index < -0.39 is 0 Å². The molecule has 0 spiro atoms. The van der Waals surface area contributed by atoms with Gasteiger partial charge in [0.05, 0.1) is 5.75 Å². The summed E-state index contributed by atoms with van der Waals surface area (Å²) in [4.78, 5) is 4.46. The Balaban J connectivity index is 1.42. The number of rotatable bonds is 6. The van der Waals surface area contributed by atoms with Crippen LogP contribution in [-0.2, 0) is 5.75 Å². The van der Waals surface area contributed by atoms with Crippen LogP contribution in [0, 0.1) is 6.92 Å². The first-order valence-electron chi connectivity index (χ1n) is 9.05. The van der Waals surface area contributed by atoms with E-state index in [4.69, 9.17) is 8.94 Å². The number of benzene rings is 2. The van der Waals surface area contributed by atoms with Crippen molar-refractivity contribution in [2.45, 2.75) is 37.7 Å². The van der Waals surface area contributed by atoms with E-state index in [2.05, 4.69) is 46.3 Å². The Morgan fingerprint density at radius 1 is 1.00 bits per heavy atom. The summed E-state index contributed by atoms with van der Waals surface area (Å²) < 4.78 is 11.1. The molecule has 28 heavy (non-hydrogen) atoms. The molecule has 0 bridgehead atoms. The molecule has 6 nitrogen and oxygen atoms in total. The SMILES string of the molecule is Cc1ccccc1-c1nnc(SCc2nc(-c3ccc(C(C)C)cc3)no2)o1. The van der Waals surface area contributed by atoms with Gasteiger partial charge >= 0.3 is 0 Å². The van der Waals surface area contributed by atoms with Crippen LogP contribution < -0.4 is 0 Å². The zero-order chi connectivity index (χ0) is 19.5. The topological polar surface area (TPSA) is 77.8 Å². The van der Waals surface area contributed by atoms with Gasteiger partial charge in [0.2, 0.25) is 17.6 Å². The maximum atomic E-state index is 5.75. The molecular weight excluding hydrogens is 372 g/mol. The lowest BCUT2D eigenvalue weighted by atomic mass is 10.0. The van der Waals surface area contributed by atoms with E-state index in [9.17, 15) is 0 Å². The first-order chi connectivity index (χ1) is 13.6. The van der Waals surface area contributed by atoms with Gasteiger partial charge in [-0.2, -0.15) is 4.98 Å². The van der Waals surface area contributed by atoms with Crippen LogP contribution in [0.15, 0.2) is 62.7 Å². The Labute approximate surface area is 167 Å². The minimum Gasteiger partial charge on any atom is -0.411 e. The van der Waals surface area contributed by atoms with Crippen molar-refractivity contribution in [3.8, 4) is 22.8 Å². The lowest BCUT2D eigenvalue weighted by Crippen LogP contribution is -1.88. The molecule has 2 aromatic heterocycles. The molecule has 0 saturated carbocycles. The van der Waals surface area contributed by atoms with Crippen LogP contribution in [0.3, 0.4) is 0 Å². The van der Waals surface area contributed by atoms with E-state index in [1.807, 2.05) is 43.3 Å². The third kappa shape index (κ3) is 3.99. The molecule has 2 heterocycles. The first kappa shape index (κ1) is 18.4. The Morgan fingerprint density at radius 2 is 1.79 bits per heavy atom. The number of nitrogens with zero attached hydrogens (tertiary/aromatic N) is 4. The number of aromatic nitrogens is 4. The molecule has 0 unspecified atom stereocenters. The summed E-state index contributed by atoms with van der Waals surface area (Å²) in [5, 5.41) is 12.8. The van der Waals surface area contributed by atoms with Gasteiger partial charge < -0.3 is 8.94 Å². The molecule has 0 saturated heterocycles. The van der Waals surface area contributed by atoms with Crippen LogP contribution in [0.25, 0.3) is 22.8 Å². The molecule has 2 aromatic carbocycles. The van der Waals surface area contributed by atoms with Crippen molar-refractivity contribution in [3.63, 3.8) is 0 Å². The molecule has 7 heteroatoms. The van der Waals surface area contributed by atoms with Crippen molar-refractivity contribution in [2.75, 3.05) is 0 Å². The Bertz CT molecular complexity index is 1070. The number of thioether (sulfide) groups is 1. The smallest absolute Gasteiger partial charge is 0.277 e. The minimum absolute atomic E-state index is 0.465. The molecule has 0 amide bonds. The maximum absolute atomic E-state index is 5.75. The van der Waals surface area contributed by atoms with E-state index in [0.717, 1.165) is 16.7 Å². The van der Waals surface area contributed by atoms with E-state index in [1.54, 1.807) is 0 Å². The van der Waals surface area contributed by atoms with Crippen molar-refractivity contribution < 1.29 is 8.94 Å². The van der Waals surface area contributed by atoms with Crippen molar-refractivity contribution >= 4 is 11.8 Å². The average Bonchev–Trinajstić information content (AvgIpc) is 3.36. The Hall–Kier alpha value is -2.93. The molecular formula is C21H20N4O2S. The third-order valence-corrected chi connectivity index (χ3v) is 5.21. The van der Waals surface area contributed by atoms with Gasteiger partial charge in [0.15, 0.2) is 0 Å². The van der Waals surface area contributed by atoms with Crippen LogP contribution in [0.2, 0.25) is 0 Å². The molecule has 0 radical (unpaired) electrons. The summed E-state index contributed by atoms with van der Waals surface area (Å²) in [6.45, 7) is 6.35. The zero-order valence-corrected chi connectivity index (χ0v) is 16.7. The monoisotopic (exact) mass is 392 g/mol. The van der Waals surface area contributed by atoms with E-state index in [1.165, 1.54) is 17.3 Å². The molecule has 0 N–H and O–H groups in total. The van der Waals surface area contributed by atoms with Crippen molar-refractivity contribution in [1.82, 2.24) is 20.3 Å². The van der Waals surface area contributed by atoms with Crippen LogP contribution in [0.1, 0.15) is 36.8 Å². The maximum Gasteiger partial charge on any atom is 0.277 e. The summed E-state index contributed by atoms with van der Waals surface area (Å²) >= 11 is 1.37. The van der Waals surface area contributed by atoms with E-state index >= 15 is 0 Å². The van der Waals surface area contributed by atoms with Crippen molar-refractivity contribution in [2.24, 2.45) is 0 Å².